The van der Waals surface area contributed by atoms with Crippen molar-refractivity contribution < 1.29 is 22.7 Å². The van der Waals surface area contributed by atoms with Crippen molar-refractivity contribution in [3.63, 3.8) is 0 Å². The van der Waals surface area contributed by atoms with E-state index in [4.69, 9.17) is 9.47 Å². The lowest BCUT2D eigenvalue weighted by molar-refractivity contribution is -0.119. The van der Waals surface area contributed by atoms with Gasteiger partial charge < -0.3 is 14.8 Å². The first kappa shape index (κ1) is 23.2. The molecule has 1 saturated heterocycles. The molecule has 33 heavy (non-hydrogen) atoms. The minimum atomic E-state index is -3.76. The third kappa shape index (κ3) is 4.73. The van der Waals surface area contributed by atoms with Gasteiger partial charge in [0.05, 0.1) is 24.8 Å². The summed E-state index contributed by atoms with van der Waals surface area (Å²) < 4.78 is 38.1. The number of hydrogen-bond acceptors (Lipinski definition) is 7. The average molecular weight is 488 g/mol. The second-order valence-electron chi connectivity index (χ2n) is 7.68. The van der Waals surface area contributed by atoms with Crippen molar-refractivity contribution in [2.24, 2.45) is 0 Å². The summed E-state index contributed by atoms with van der Waals surface area (Å²) in [6.07, 6.45) is 1.09. The van der Waals surface area contributed by atoms with Crippen LogP contribution >= 0.6 is 11.3 Å². The molecule has 1 fully saturated rings. The van der Waals surface area contributed by atoms with Crippen LogP contribution in [0.3, 0.4) is 0 Å². The molecule has 174 valence electrons. The molecular weight excluding hydrogens is 462 g/mol. The summed E-state index contributed by atoms with van der Waals surface area (Å²) in [7, 11) is -0.634. The van der Waals surface area contributed by atoms with E-state index >= 15 is 0 Å². The molecule has 1 aliphatic heterocycles. The van der Waals surface area contributed by atoms with Crippen LogP contribution in [0.4, 0.5) is 5.13 Å². The Kier molecular flexibility index (Phi) is 6.68. The third-order valence-corrected chi connectivity index (χ3v) is 8.23. The molecule has 0 saturated carbocycles. The van der Waals surface area contributed by atoms with Crippen LogP contribution < -0.4 is 14.8 Å². The van der Waals surface area contributed by atoms with E-state index in [9.17, 15) is 13.2 Å². The molecule has 2 heterocycles. The minimum absolute atomic E-state index is 0.192. The van der Waals surface area contributed by atoms with Gasteiger partial charge >= 0.3 is 0 Å². The van der Waals surface area contributed by atoms with E-state index in [0.29, 0.717) is 41.7 Å². The Morgan fingerprint density at radius 2 is 1.85 bits per heavy atom. The molecule has 1 aromatic heterocycles. The number of sulfonamides is 1. The Labute approximate surface area is 197 Å². The second kappa shape index (κ2) is 9.50. The van der Waals surface area contributed by atoms with E-state index in [2.05, 4.69) is 10.3 Å². The van der Waals surface area contributed by atoms with E-state index in [1.807, 2.05) is 24.4 Å². The Morgan fingerprint density at radius 1 is 1.12 bits per heavy atom. The van der Waals surface area contributed by atoms with Crippen LogP contribution in [0.2, 0.25) is 0 Å². The van der Waals surface area contributed by atoms with Gasteiger partial charge in [0.1, 0.15) is 6.04 Å². The fourth-order valence-corrected chi connectivity index (χ4v) is 6.16. The van der Waals surface area contributed by atoms with Gasteiger partial charge in [0.25, 0.3) is 0 Å². The third-order valence-electron chi connectivity index (χ3n) is 5.55. The molecule has 1 atom stereocenters. The first-order valence-corrected chi connectivity index (χ1v) is 12.7. The maximum Gasteiger partial charge on any atom is 0.244 e. The Balaban J connectivity index is 1.50. The van der Waals surface area contributed by atoms with Gasteiger partial charge in [-0.05, 0) is 50.1 Å². The molecule has 10 heteroatoms. The fraction of sp³-hybridized carbons (Fsp3) is 0.304. The number of carbonyl (C=O) groups is 1. The number of benzene rings is 2. The molecule has 1 aliphatic rings. The number of methoxy groups -OCH3 is 2. The van der Waals surface area contributed by atoms with Gasteiger partial charge in [-0.1, -0.05) is 17.7 Å². The number of hydrogen-bond donors (Lipinski definition) is 1. The van der Waals surface area contributed by atoms with Crippen LogP contribution in [0.1, 0.15) is 18.4 Å². The maximum absolute atomic E-state index is 13.1. The summed E-state index contributed by atoms with van der Waals surface area (Å²) in [6.45, 7) is 2.20. The Bertz CT molecular complexity index is 1260. The van der Waals surface area contributed by atoms with Crippen LogP contribution in [0.15, 0.2) is 52.7 Å². The zero-order chi connectivity index (χ0) is 23.6. The molecular formula is C23H25N3O5S2. The van der Waals surface area contributed by atoms with Crippen molar-refractivity contribution in [3.05, 3.63) is 53.4 Å². The highest BCUT2D eigenvalue weighted by atomic mass is 32.2. The smallest absolute Gasteiger partial charge is 0.244 e. The van der Waals surface area contributed by atoms with Gasteiger partial charge in [0, 0.05) is 17.5 Å². The summed E-state index contributed by atoms with van der Waals surface area (Å²) in [4.78, 5) is 17.7. The van der Waals surface area contributed by atoms with E-state index < -0.39 is 16.1 Å². The van der Waals surface area contributed by atoms with Crippen molar-refractivity contribution in [2.45, 2.75) is 30.7 Å². The van der Waals surface area contributed by atoms with Crippen molar-refractivity contribution in [1.82, 2.24) is 9.29 Å². The van der Waals surface area contributed by atoms with E-state index in [0.717, 1.165) is 11.1 Å². The van der Waals surface area contributed by atoms with Crippen LogP contribution in [0, 0.1) is 6.92 Å². The van der Waals surface area contributed by atoms with Gasteiger partial charge in [-0.3, -0.25) is 4.79 Å². The molecule has 0 bridgehead atoms. The fourth-order valence-electron chi connectivity index (χ4n) is 3.78. The number of rotatable bonds is 7. The summed E-state index contributed by atoms with van der Waals surface area (Å²) in [6, 6.07) is 11.3. The number of aromatic nitrogens is 1. The number of anilines is 1. The number of aryl methyl sites for hydroxylation is 1. The minimum Gasteiger partial charge on any atom is -0.493 e. The van der Waals surface area contributed by atoms with Gasteiger partial charge in [-0.15, -0.1) is 11.3 Å². The van der Waals surface area contributed by atoms with Crippen LogP contribution in [0.25, 0.3) is 11.3 Å². The number of thiazole rings is 1. The largest absolute Gasteiger partial charge is 0.493 e. The monoisotopic (exact) mass is 487 g/mol. The number of amides is 1. The summed E-state index contributed by atoms with van der Waals surface area (Å²) in [5.74, 6) is 0.814. The molecule has 0 spiro atoms. The lowest BCUT2D eigenvalue weighted by Crippen LogP contribution is -2.43. The highest BCUT2D eigenvalue weighted by Gasteiger charge is 2.39. The number of carbonyl (C=O) groups excluding carboxylic acids is 1. The van der Waals surface area contributed by atoms with Crippen molar-refractivity contribution in [1.29, 1.82) is 0 Å². The normalized spacial score (nSPS) is 16.5. The number of ether oxygens (including phenoxy) is 2. The van der Waals surface area contributed by atoms with Crippen LogP contribution in [-0.2, 0) is 14.8 Å². The lowest BCUT2D eigenvalue weighted by Gasteiger charge is -2.23. The zero-order valence-electron chi connectivity index (χ0n) is 18.6. The molecule has 8 nitrogen and oxygen atoms in total. The van der Waals surface area contributed by atoms with Gasteiger partial charge in [0.15, 0.2) is 16.6 Å². The van der Waals surface area contributed by atoms with Crippen molar-refractivity contribution in [3.8, 4) is 22.8 Å². The molecule has 4 rings (SSSR count). The Hall–Kier alpha value is -2.95. The lowest BCUT2D eigenvalue weighted by atomic mass is 10.1. The van der Waals surface area contributed by atoms with Gasteiger partial charge in [-0.25, -0.2) is 13.4 Å². The predicted octanol–water partition coefficient (Wildman–Crippen LogP) is 3.93. The van der Waals surface area contributed by atoms with Gasteiger partial charge in [-0.2, -0.15) is 4.31 Å². The predicted molar refractivity (Wildman–Crippen MR) is 127 cm³/mol. The molecule has 0 aliphatic carbocycles. The molecule has 1 N–H and O–H groups in total. The standard InChI is InChI=1S/C23H25N3O5S2/c1-15-6-9-17(10-7-15)33(28,29)26-12-4-5-19(26)22(27)25-23-24-18(14-32-23)16-8-11-20(30-2)21(13-16)31-3/h6-11,13-14,19H,4-5,12H2,1-3H3,(H,24,25,27). The summed E-state index contributed by atoms with van der Waals surface area (Å²) in [5, 5.41) is 5.03. The van der Waals surface area contributed by atoms with E-state index in [1.54, 1.807) is 44.6 Å². The molecule has 2 aromatic carbocycles. The second-order valence-corrected chi connectivity index (χ2v) is 10.4. The molecule has 0 radical (unpaired) electrons. The van der Waals surface area contributed by atoms with E-state index in [-0.39, 0.29) is 10.8 Å². The zero-order valence-corrected chi connectivity index (χ0v) is 20.2. The van der Waals surface area contributed by atoms with Crippen LogP contribution in [-0.4, -0.2) is 50.4 Å². The summed E-state index contributed by atoms with van der Waals surface area (Å²) >= 11 is 1.28. The summed E-state index contributed by atoms with van der Waals surface area (Å²) in [5.41, 5.74) is 2.46. The number of nitrogens with zero attached hydrogens (tertiary/aromatic N) is 2. The highest BCUT2D eigenvalue weighted by Crippen LogP contribution is 2.34. The van der Waals surface area contributed by atoms with Gasteiger partial charge in [0.2, 0.25) is 15.9 Å². The highest BCUT2D eigenvalue weighted by molar-refractivity contribution is 7.89. The maximum atomic E-state index is 13.1. The molecule has 1 unspecified atom stereocenters. The number of nitrogens with one attached hydrogen (secondary N) is 1. The molecule has 1 amide bonds. The molecule has 3 aromatic rings. The van der Waals surface area contributed by atoms with Crippen molar-refractivity contribution in [2.75, 3.05) is 26.1 Å². The topological polar surface area (TPSA) is 97.8 Å². The quantitative estimate of drug-likeness (QED) is 0.542. The first-order chi connectivity index (χ1) is 15.8. The van der Waals surface area contributed by atoms with Crippen LogP contribution in [0.5, 0.6) is 11.5 Å². The average Bonchev–Trinajstić information content (AvgIpc) is 3.49. The SMILES string of the molecule is COc1ccc(-c2csc(NC(=O)C3CCCN3S(=O)(=O)c3ccc(C)cc3)n2)cc1OC. The van der Waals surface area contributed by atoms with E-state index in [1.165, 1.54) is 15.6 Å². The van der Waals surface area contributed by atoms with Crippen molar-refractivity contribution >= 4 is 32.4 Å². The Morgan fingerprint density at radius 3 is 2.55 bits per heavy atom. The first-order valence-electron chi connectivity index (χ1n) is 10.4.